The molecule has 2 aromatic rings. The lowest BCUT2D eigenvalue weighted by molar-refractivity contribution is -0.201. The number of alkyl carbamates (subject to hydrolysis) is 1. The van der Waals surface area contributed by atoms with E-state index < -0.39 is 67.1 Å². The Balaban J connectivity index is 0.000000512. The van der Waals surface area contributed by atoms with Gasteiger partial charge in [-0.15, -0.1) is 10.1 Å². The highest BCUT2D eigenvalue weighted by Gasteiger charge is 2.36. The molecule has 20 nitrogen and oxygen atoms in total. The molecule has 2 saturated heterocycles. The van der Waals surface area contributed by atoms with Crippen LogP contribution in [0.3, 0.4) is 0 Å². The van der Waals surface area contributed by atoms with Gasteiger partial charge in [0, 0.05) is 76.4 Å². The van der Waals surface area contributed by atoms with E-state index in [2.05, 4.69) is 10.6 Å². The zero-order valence-electron chi connectivity index (χ0n) is 35.3. The van der Waals surface area contributed by atoms with E-state index in [9.17, 15) is 47.9 Å². The molecule has 0 bridgehead atoms. The molecule has 2 unspecified atom stereocenters. The molecule has 2 atom stereocenters. The summed E-state index contributed by atoms with van der Waals surface area (Å²) in [5, 5.41) is 5.83. The van der Waals surface area contributed by atoms with E-state index in [0.717, 1.165) is 22.3 Å². The molecule has 5 rings (SSSR count). The number of nitrogens with one attached hydrogen (secondary N) is 2. The van der Waals surface area contributed by atoms with E-state index >= 15 is 0 Å². The maximum atomic E-state index is 13.0. The molecule has 336 valence electrons. The van der Waals surface area contributed by atoms with Gasteiger partial charge in [-0.1, -0.05) is 69.3 Å². The topological polar surface area (TPSA) is 284 Å². The molecular weight excluding hydrogens is 810 g/mol. The summed E-state index contributed by atoms with van der Waals surface area (Å²) in [7, 11) is 1.68. The summed E-state index contributed by atoms with van der Waals surface area (Å²) in [4.78, 5) is 131. The number of ketones is 2. The first-order valence-corrected chi connectivity index (χ1v) is 20.3. The molecule has 0 saturated carbocycles. The minimum atomic E-state index is -1.21. The Bertz CT molecular complexity index is 1860. The van der Waals surface area contributed by atoms with Crippen LogP contribution in [-0.4, -0.2) is 127 Å². The van der Waals surface area contributed by atoms with Gasteiger partial charge in [0.1, 0.15) is 25.5 Å². The number of imide groups is 2. The Kier molecular flexibility index (Phi) is 20.0. The van der Waals surface area contributed by atoms with E-state index in [1.807, 2.05) is 62.4 Å². The lowest BCUT2D eigenvalue weighted by Gasteiger charge is -2.23. The Morgan fingerprint density at radius 2 is 1.21 bits per heavy atom. The average molecular weight is 866 g/mol. The summed E-state index contributed by atoms with van der Waals surface area (Å²) in [5.41, 5.74) is 15.0. The lowest BCUT2D eigenvalue weighted by atomic mass is 9.93. The van der Waals surface area contributed by atoms with Gasteiger partial charge in [0.2, 0.25) is 5.91 Å². The summed E-state index contributed by atoms with van der Waals surface area (Å²) >= 11 is 0. The first-order valence-electron chi connectivity index (χ1n) is 20.3. The van der Waals surface area contributed by atoms with Crippen molar-refractivity contribution in [3.8, 4) is 11.1 Å². The number of hydroxylamine groups is 4. The van der Waals surface area contributed by atoms with E-state index in [0.29, 0.717) is 11.3 Å². The van der Waals surface area contributed by atoms with Gasteiger partial charge >= 0.3 is 18.0 Å². The molecule has 2 aliphatic heterocycles. The molecule has 0 spiro atoms. The van der Waals surface area contributed by atoms with Crippen LogP contribution in [0.5, 0.6) is 0 Å². The van der Waals surface area contributed by atoms with Crippen LogP contribution in [0.25, 0.3) is 11.1 Å². The SMILES string of the molecule is CC.CCC(=O)C(CN)CC(=O)C(CN)NC.O=C(CN(CC(=O)ON1C(=O)CCC1=O)C(=O)CCNC(=O)OCC1c2ccccc2-c2ccccc21)ON1C(=O)CCC1=O. The summed E-state index contributed by atoms with van der Waals surface area (Å²) in [6.45, 7) is 4.25. The molecular formula is C42H55N7O13. The maximum Gasteiger partial charge on any atom is 0.407 e. The van der Waals surface area contributed by atoms with Crippen LogP contribution in [0, 0.1) is 5.92 Å². The van der Waals surface area contributed by atoms with E-state index in [1.165, 1.54) is 0 Å². The van der Waals surface area contributed by atoms with Gasteiger partial charge in [0.05, 0.1) is 6.04 Å². The molecule has 1 aliphatic carbocycles. The molecule has 3 aliphatic rings. The third-order valence-electron chi connectivity index (χ3n) is 9.85. The number of carbonyl (C=O) groups excluding carboxylic acids is 10. The number of amides is 6. The first kappa shape index (κ1) is 50.0. The molecule has 2 heterocycles. The summed E-state index contributed by atoms with van der Waals surface area (Å²) in [6.07, 6.45) is -1.21. The normalized spacial score (nSPS) is 14.9. The number of hydrogen-bond donors (Lipinski definition) is 4. The van der Waals surface area contributed by atoms with Crippen molar-refractivity contribution in [2.45, 2.75) is 77.7 Å². The number of benzene rings is 2. The van der Waals surface area contributed by atoms with Gasteiger partial charge < -0.3 is 41.4 Å². The van der Waals surface area contributed by atoms with Gasteiger partial charge in [-0.05, 0) is 29.3 Å². The number of hydrogen-bond acceptors (Lipinski definition) is 16. The fourth-order valence-corrected chi connectivity index (χ4v) is 6.61. The standard InChI is InChI=1S/C30H28N4O11.C10H21N3O2.C2H6/c35-23(13-14-31-30(42)43-17-22-20-7-3-1-5-18(20)19-6-2-4-8-21(19)22)32(15-28(40)44-33-24(36)9-10-25(33)37)16-29(41)45-34-26(38)11-12-27(34)39;1-3-9(14)7(5-11)4-10(15)8(6-12)13-2;1-2/h1-8,22H,9-17H2,(H,31,42);7-8,13H,3-6,11-12H2,1-2H3;1-2H3. The van der Waals surface area contributed by atoms with Gasteiger partial charge in [-0.25, -0.2) is 14.4 Å². The van der Waals surface area contributed by atoms with Crippen molar-refractivity contribution in [3.63, 3.8) is 0 Å². The number of carbonyl (C=O) groups is 10. The second-order valence-electron chi connectivity index (χ2n) is 13.8. The third kappa shape index (κ3) is 13.6. The minimum Gasteiger partial charge on any atom is -0.449 e. The molecule has 6 N–H and O–H groups in total. The predicted octanol–water partition coefficient (Wildman–Crippen LogP) is 1.03. The first-order chi connectivity index (χ1) is 29.7. The summed E-state index contributed by atoms with van der Waals surface area (Å²) < 4.78 is 5.44. The van der Waals surface area contributed by atoms with Crippen molar-refractivity contribution in [2.75, 3.05) is 46.4 Å². The van der Waals surface area contributed by atoms with E-state index in [4.69, 9.17) is 25.9 Å². The summed E-state index contributed by atoms with van der Waals surface area (Å²) in [5.74, 6) is -6.78. The number of fused-ring (bicyclic) bond motifs is 3. The van der Waals surface area contributed by atoms with Crippen LogP contribution in [-0.2, 0) is 57.6 Å². The molecule has 0 aromatic heterocycles. The highest BCUT2D eigenvalue weighted by atomic mass is 16.7. The van der Waals surface area contributed by atoms with Crippen molar-refractivity contribution in [1.82, 2.24) is 25.7 Å². The van der Waals surface area contributed by atoms with Crippen LogP contribution in [0.1, 0.15) is 82.8 Å². The highest BCUT2D eigenvalue weighted by molar-refractivity contribution is 6.02. The lowest BCUT2D eigenvalue weighted by Crippen LogP contribution is -2.45. The predicted molar refractivity (Wildman–Crippen MR) is 219 cm³/mol. The Labute approximate surface area is 358 Å². The second-order valence-corrected chi connectivity index (χ2v) is 13.8. The highest BCUT2D eigenvalue weighted by Crippen LogP contribution is 2.44. The van der Waals surface area contributed by atoms with Crippen LogP contribution >= 0.6 is 0 Å². The fourth-order valence-electron chi connectivity index (χ4n) is 6.61. The number of nitrogens with zero attached hydrogens (tertiary/aromatic N) is 3. The molecule has 20 heteroatoms. The van der Waals surface area contributed by atoms with Crippen molar-refractivity contribution in [3.05, 3.63) is 59.7 Å². The molecule has 62 heavy (non-hydrogen) atoms. The van der Waals surface area contributed by atoms with Crippen LogP contribution in [0.15, 0.2) is 48.5 Å². The van der Waals surface area contributed by atoms with Crippen LogP contribution < -0.4 is 22.1 Å². The van der Waals surface area contributed by atoms with Gasteiger partial charge in [0.15, 0.2) is 5.78 Å². The smallest absolute Gasteiger partial charge is 0.407 e. The number of Topliss-reactive ketones (excluding diaryl/α,β-unsaturated/α-hetero) is 2. The van der Waals surface area contributed by atoms with Gasteiger partial charge in [-0.3, -0.25) is 33.6 Å². The monoisotopic (exact) mass is 865 g/mol. The fraction of sp³-hybridized carbons (Fsp3) is 0.476. The second kappa shape index (κ2) is 24.8. The number of rotatable bonds is 19. The summed E-state index contributed by atoms with van der Waals surface area (Å²) in [6, 6.07) is 15.2. The zero-order chi connectivity index (χ0) is 45.9. The third-order valence-corrected chi connectivity index (χ3v) is 9.85. The van der Waals surface area contributed by atoms with Crippen LogP contribution in [0.4, 0.5) is 4.79 Å². The van der Waals surface area contributed by atoms with Crippen molar-refractivity contribution < 1.29 is 62.4 Å². The van der Waals surface area contributed by atoms with Gasteiger partial charge in [0.25, 0.3) is 23.6 Å². The molecule has 0 radical (unpaired) electrons. The van der Waals surface area contributed by atoms with Crippen molar-refractivity contribution >= 4 is 59.1 Å². The number of ether oxygens (including phenoxy) is 1. The minimum absolute atomic E-state index is 0.0396. The Morgan fingerprint density at radius 3 is 1.63 bits per heavy atom. The number of nitrogens with two attached hydrogens (primary N) is 2. The average Bonchev–Trinajstić information content (AvgIpc) is 3.89. The Hall–Kier alpha value is -6.38. The zero-order valence-corrected chi connectivity index (χ0v) is 35.3. The Morgan fingerprint density at radius 1 is 0.742 bits per heavy atom. The largest absolute Gasteiger partial charge is 0.449 e. The molecule has 2 fully saturated rings. The van der Waals surface area contributed by atoms with E-state index in [1.54, 1.807) is 14.0 Å². The molecule has 6 amide bonds. The van der Waals surface area contributed by atoms with Crippen LogP contribution in [0.2, 0.25) is 0 Å². The number of likely N-dealkylation sites (N-methyl/N-ethyl adjacent to an activating group) is 1. The maximum absolute atomic E-state index is 13.0. The molecule has 2 aromatic carbocycles. The van der Waals surface area contributed by atoms with E-state index in [-0.39, 0.29) is 97.9 Å². The van der Waals surface area contributed by atoms with Crippen molar-refractivity contribution in [1.29, 1.82) is 0 Å². The van der Waals surface area contributed by atoms with Gasteiger partial charge in [-0.2, -0.15) is 0 Å². The quantitative estimate of drug-likeness (QED) is 0.144. The van der Waals surface area contributed by atoms with Crippen molar-refractivity contribution in [2.24, 2.45) is 17.4 Å².